The van der Waals surface area contributed by atoms with E-state index in [9.17, 15) is 8.78 Å². The van der Waals surface area contributed by atoms with E-state index in [0.717, 1.165) is 36.8 Å². The van der Waals surface area contributed by atoms with Crippen molar-refractivity contribution in [1.29, 1.82) is 0 Å². The first-order valence-electron chi connectivity index (χ1n) is 10.1. The Balaban J connectivity index is 1.63. The summed E-state index contributed by atoms with van der Waals surface area (Å²) in [6.07, 6.45) is 0.868. The number of hydrogen-bond acceptors (Lipinski definition) is 4. The monoisotopic (exact) mass is 418 g/mol. The number of alkyl halides is 2. The summed E-state index contributed by atoms with van der Waals surface area (Å²) < 4.78 is 35.4. The average Bonchev–Trinajstić information content (AvgIpc) is 3.20. The van der Waals surface area contributed by atoms with Gasteiger partial charge >= 0.3 is 6.61 Å². The third kappa shape index (κ3) is 5.98. The highest BCUT2D eigenvalue weighted by molar-refractivity contribution is 5.80. The van der Waals surface area contributed by atoms with Crippen molar-refractivity contribution in [3.63, 3.8) is 0 Å². The first-order chi connectivity index (χ1) is 14.6. The molecule has 1 atom stereocenters. The van der Waals surface area contributed by atoms with E-state index in [4.69, 9.17) is 4.74 Å². The summed E-state index contributed by atoms with van der Waals surface area (Å²) in [4.78, 5) is 6.73. The summed E-state index contributed by atoms with van der Waals surface area (Å²) in [6.45, 7) is 1.86. The molecule has 0 radical (unpaired) electrons. The second-order valence-corrected chi connectivity index (χ2v) is 6.97. The summed E-state index contributed by atoms with van der Waals surface area (Å²) in [6, 6.07) is 14.9. The van der Waals surface area contributed by atoms with Crippen molar-refractivity contribution in [2.75, 3.05) is 31.6 Å². The Bertz CT molecular complexity index is 847. The maximum Gasteiger partial charge on any atom is 0.387 e. The van der Waals surface area contributed by atoms with E-state index in [1.165, 1.54) is 0 Å². The third-order valence-electron chi connectivity index (χ3n) is 4.85. The molecule has 2 aromatic carbocycles. The van der Waals surface area contributed by atoms with E-state index in [-0.39, 0.29) is 11.8 Å². The standard InChI is InChI=1S/C22H28F2N4O2/c1-3-25-22(26-14-16-7-6-8-18(13-16)29-2)27-17-11-12-28(15-17)19-9-4-5-10-20(19)30-21(23)24/h4-10,13,17,21H,3,11-12,14-15H2,1-2H3,(H2,25,26,27). The first-order valence-corrected chi connectivity index (χ1v) is 10.1. The number of nitrogens with one attached hydrogen (secondary N) is 2. The van der Waals surface area contributed by atoms with E-state index in [1.807, 2.05) is 43.3 Å². The minimum absolute atomic E-state index is 0.146. The van der Waals surface area contributed by atoms with Crippen LogP contribution in [0.5, 0.6) is 11.5 Å². The second kappa shape index (κ2) is 10.7. The van der Waals surface area contributed by atoms with Crippen LogP contribution in [0, 0.1) is 0 Å². The summed E-state index contributed by atoms with van der Waals surface area (Å²) in [5.74, 6) is 1.73. The van der Waals surface area contributed by atoms with Crippen LogP contribution >= 0.6 is 0 Å². The molecule has 0 aliphatic carbocycles. The Hall–Kier alpha value is -3.03. The van der Waals surface area contributed by atoms with Crippen LogP contribution in [0.2, 0.25) is 0 Å². The Morgan fingerprint density at radius 3 is 2.83 bits per heavy atom. The minimum atomic E-state index is -2.84. The number of ether oxygens (including phenoxy) is 2. The fourth-order valence-corrected chi connectivity index (χ4v) is 3.47. The largest absolute Gasteiger partial charge is 0.497 e. The van der Waals surface area contributed by atoms with Crippen LogP contribution in [-0.4, -0.2) is 45.4 Å². The molecule has 3 rings (SSSR count). The molecule has 0 aromatic heterocycles. The topological polar surface area (TPSA) is 58.1 Å². The van der Waals surface area contributed by atoms with Gasteiger partial charge in [0.25, 0.3) is 0 Å². The second-order valence-electron chi connectivity index (χ2n) is 6.97. The number of para-hydroxylation sites is 2. The van der Waals surface area contributed by atoms with E-state index in [0.29, 0.717) is 18.8 Å². The minimum Gasteiger partial charge on any atom is -0.497 e. The van der Waals surface area contributed by atoms with Crippen molar-refractivity contribution in [2.24, 2.45) is 4.99 Å². The highest BCUT2D eigenvalue weighted by atomic mass is 19.3. The Kier molecular flexibility index (Phi) is 7.70. The smallest absolute Gasteiger partial charge is 0.387 e. The molecular formula is C22H28F2N4O2. The zero-order valence-corrected chi connectivity index (χ0v) is 17.3. The molecule has 0 amide bonds. The Labute approximate surface area is 175 Å². The van der Waals surface area contributed by atoms with Crippen molar-refractivity contribution < 1.29 is 18.3 Å². The lowest BCUT2D eigenvalue weighted by Gasteiger charge is -2.22. The van der Waals surface area contributed by atoms with Crippen LogP contribution in [-0.2, 0) is 6.54 Å². The molecule has 2 N–H and O–H groups in total. The van der Waals surface area contributed by atoms with Crippen molar-refractivity contribution in [2.45, 2.75) is 32.5 Å². The molecule has 1 saturated heterocycles. The zero-order chi connectivity index (χ0) is 21.3. The van der Waals surface area contributed by atoms with E-state index in [1.54, 1.807) is 19.2 Å². The third-order valence-corrected chi connectivity index (χ3v) is 4.85. The maximum atomic E-state index is 12.7. The van der Waals surface area contributed by atoms with Gasteiger partial charge in [0.05, 0.1) is 19.3 Å². The van der Waals surface area contributed by atoms with Crippen molar-refractivity contribution in [3.8, 4) is 11.5 Å². The molecule has 1 heterocycles. The van der Waals surface area contributed by atoms with E-state index >= 15 is 0 Å². The summed E-state index contributed by atoms with van der Waals surface area (Å²) in [5, 5.41) is 6.72. The molecule has 30 heavy (non-hydrogen) atoms. The molecule has 8 heteroatoms. The SMILES string of the molecule is CCNC(=NCc1cccc(OC)c1)NC1CCN(c2ccccc2OC(F)F)C1. The quantitative estimate of drug-likeness (QED) is 0.507. The number of nitrogens with zero attached hydrogens (tertiary/aromatic N) is 2. The molecule has 1 aliphatic heterocycles. The van der Waals surface area contributed by atoms with Crippen LogP contribution < -0.4 is 25.0 Å². The van der Waals surface area contributed by atoms with Gasteiger partial charge < -0.3 is 25.0 Å². The van der Waals surface area contributed by atoms with Gasteiger partial charge in [-0.25, -0.2) is 4.99 Å². The van der Waals surface area contributed by atoms with Crippen LogP contribution in [0.1, 0.15) is 18.9 Å². The van der Waals surface area contributed by atoms with Gasteiger partial charge in [-0.05, 0) is 43.2 Å². The van der Waals surface area contributed by atoms with Crippen molar-refractivity contribution >= 4 is 11.6 Å². The molecule has 1 unspecified atom stereocenters. The van der Waals surface area contributed by atoms with E-state index in [2.05, 4.69) is 25.3 Å². The van der Waals surface area contributed by atoms with Crippen molar-refractivity contribution in [3.05, 3.63) is 54.1 Å². The molecule has 162 valence electrons. The molecule has 2 aromatic rings. The zero-order valence-electron chi connectivity index (χ0n) is 17.3. The summed E-state index contributed by atoms with van der Waals surface area (Å²) in [5.41, 5.74) is 1.73. The van der Waals surface area contributed by atoms with Gasteiger partial charge in [-0.15, -0.1) is 0 Å². The Morgan fingerprint density at radius 2 is 2.07 bits per heavy atom. The molecule has 0 spiro atoms. The van der Waals surface area contributed by atoms with Gasteiger partial charge in [-0.1, -0.05) is 24.3 Å². The summed E-state index contributed by atoms with van der Waals surface area (Å²) in [7, 11) is 1.64. The van der Waals surface area contributed by atoms with Gasteiger partial charge in [-0.2, -0.15) is 8.78 Å². The van der Waals surface area contributed by atoms with Crippen molar-refractivity contribution in [1.82, 2.24) is 10.6 Å². The number of hydrogen-bond donors (Lipinski definition) is 2. The number of anilines is 1. The van der Waals surface area contributed by atoms with Gasteiger partial charge in [0.1, 0.15) is 11.5 Å². The number of aliphatic imine (C=N–C) groups is 1. The molecule has 1 fully saturated rings. The fraction of sp³-hybridized carbons (Fsp3) is 0.409. The lowest BCUT2D eigenvalue weighted by atomic mass is 10.2. The number of methoxy groups -OCH3 is 1. The highest BCUT2D eigenvalue weighted by Gasteiger charge is 2.26. The Morgan fingerprint density at radius 1 is 1.23 bits per heavy atom. The first kappa shape index (κ1) is 21.7. The van der Waals surface area contributed by atoms with E-state index < -0.39 is 6.61 Å². The molecular weight excluding hydrogens is 390 g/mol. The molecule has 0 saturated carbocycles. The van der Waals surface area contributed by atoms with Gasteiger partial charge in [0, 0.05) is 25.7 Å². The number of benzene rings is 2. The van der Waals surface area contributed by atoms with Gasteiger partial charge in [0.15, 0.2) is 5.96 Å². The maximum absolute atomic E-state index is 12.7. The predicted molar refractivity (Wildman–Crippen MR) is 115 cm³/mol. The van der Waals surface area contributed by atoms with Crippen LogP contribution in [0.15, 0.2) is 53.5 Å². The fourth-order valence-electron chi connectivity index (χ4n) is 3.47. The van der Waals surface area contributed by atoms with Gasteiger partial charge in [-0.3, -0.25) is 0 Å². The normalized spacial score (nSPS) is 16.6. The molecule has 6 nitrogen and oxygen atoms in total. The van der Waals surface area contributed by atoms with Crippen LogP contribution in [0.25, 0.3) is 0 Å². The van der Waals surface area contributed by atoms with Gasteiger partial charge in [0.2, 0.25) is 0 Å². The lowest BCUT2D eigenvalue weighted by Crippen LogP contribution is -2.44. The number of guanidine groups is 1. The lowest BCUT2D eigenvalue weighted by molar-refractivity contribution is -0.0495. The number of halogens is 2. The summed E-state index contributed by atoms with van der Waals surface area (Å²) >= 11 is 0. The highest BCUT2D eigenvalue weighted by Crippen LogP contribution is 2.31. The molecule has 0 bridgehead atoms. The van der Waals surface area contributed by atoms with Crippen LogP contribution in [0.3, 0.4) is 0 Å². The molecule has 1 aliphatic rings. The average molecular weight is 418 g/mol. The number of rotatable bonds is 8. The predicted octanol–water partition coefficient (Wildman–Crippen LogP) is 3.63. The van der Waals surface area contributed by atoms with Crippen LogP contribution in [0.4, 0.5) is 14.5 Å².